The molecular weight excluding hydrogens is 200 g/mol. The van der Waals surface area contributed by atoms with Crippen molar-refractivity contribution < 1.29 is 19.8 Å². The molecule has 0 fully saturated rings. The van der Waals surface area contributed by atoms with Crippen LogP contribution < -0.4 is 0 Å². The Hall–Kier alpha value is -0.880. The van der Waals surface area contributed by atoms with Crippen LogP contribution in [0.2, 0.25) is 0 Å². The van der Waals surface area contributed by atoms with Gasteiger partial charge < -0.3 is 10.2 Å². The van der Waals surface area contributed by atoms with Gasteiger partial charge in [0.05, 0.1) is 9.81 Å². The molecule has 2 N–H and O–H groups in total. The molecular formula is C6H8O4S2. The highest BCUT2D eigenvalue weighted by Gasteiger charge is 1.92. The molecule has 6 heteroatoms. The molecule has 0 spiro atoms. The van der Waals surface area contributed by atoms with Crippen LogP contribution in [0.4, 0.5) is 0 Å². The summed E-state index contributed by atoms with van der Waals surface area (Å²) in [5.41, 5.74) is 0. The molecule has 4 nitrogen and oxygen atoms in total. The summed E-state index contributed by atoms with van der Waals surface area (Å²) in [5.74, 6) is -2.14. The Morgan fingerprint density at radius 2 is 1.00 bits per heavy atom. The number of aliphatic carboxylic acids is 2. The lowest BCUT2D eigenvalue weighted by Crippen LogP contribution is -1.89. The van der Waals surface area contributed by atoms with E-state index < -0.39 is 11.9 Å². The Labute approximate surface area is 80.4 Å². The Bertz CT molecular complexity index is 174. The van der Waals surface area contributed by atoms with E-state index in [1.807, 2.05) is 0 Å². The molecule has 12 heavy (non-hydrogen) atoms. The summed E-state index contributed by atoms with van der Waals surface area (Å²) in [6.45, 7) is 6.04. The molecule has 0 aromatic heterocycles. The topological polar surface area (TPSA) is 74.6 Å². The minimum atomic E-state index is -1.07. The Kier molecular flexibility index (Phi) is 7.77. The van der Waals surface area contributed by atoms with E-state index in [0.717, 1.165) is 0 Å². The van der Waals surface area contributed by atoms with Crippen molar-refractivity contribution in [2.24, 2.45) is 0 Å². The van der Waals surface area contributed by atoms with Crippen LogP contribution in [0.15, 0.2) is 23.0 Å². The van der Waals surface area contributed by atoms with Gasteiger partial charge in [-0.3, -0.25) is 0 Å². The first kappa shape index (κ1) is 13.7. The van der Waals surface area contributed by atoms with Crippen molar-refractivity contribution in [3.63, 3.8) is 0 Å². The van der Waals surface area contributed by atoms with Crippen LogP contribution in [0.25, 0.3) is 0 Å². The lowest BCUT2D eigenvalue weighted by Gasteiger charge is -1.78. The molecule has 0 aromatic rings. The van der Waals surface area contributed by atoms with E-state index >= 15 is 0 Å². The summed E-state index contributed by atoms with van der Waals surface area (Å²) in [6.07, 6.45) is 0. The normalized spacial score (nSPS) is 7.50. The molecule has 0 saturated heterocycles. The largest absolute Gasteiger partial charge is 0.477 e. The van der Waals surface area contributed by atoms with Gasteiger partial charge in [0, 0.05) is 0 Å². The fourth-order valence-electron chi connectivity index (χ4n) is 0. The third-order valence-electron chi connectivity index (χ3n) is 0.494. The summed E-state index contributed by atoms with van der Waals surface area (Å²) in [7, 11) is 0. The molecule has 0 aliphatic heterocycles. The van der Waals surface area contributed by atoms with Crippen molar-refractivity contribution in [1.82, 2.24) is 0 Å². The van der Waals surface area contributed by atoms with Crippen LogP contribution >= 0.6 is 25.3 Å². The number of carbonyl (C=O) groups is 2. The molecule has 0 aliphatic carbocycles. The van der Waals surface area contributed by atoms with Gasteiger partial charge >= 0.3 is 11.9 Å². The number of carboxylic acid groups (broad SMARTS) is 2. The Balaban J connectivity index is 0. The number of thiol groups is 2. The van der Waals surface area contributed by atoms with E-state index in [1.165, 1.54) is 0 Å². The van der Waals surface area contributed by atoms with E-state index in [9.17, 15) is 9.59 Å². The quantitative estimate of drug-likeness (QED) is 0.404. The first-order valence-electron chi connectivity index (χ1n) is 2.51. The maximum Gasteiger partial charge on any atom is 0.341 e. The van der Waals surface area contributed by atoms with Crippen molar-refractivity contribution in [2.45, 2.75) is 0 Å². The molecule has 0 aromatic carbocycles. The summed E-state index contributed by atoms with van der Waals surface area (Å²) >= 11 is 6.80. The van der Waals surface area contributed by atoms with Gasteiger partial charge in [-0.25, -0.2) is 9.59 Å². The van der Waals surface area contributed by atoms with E-state index in [-0.39, 0.29) is 9.81 Å². The molecule has 0 amide bonds. The first-order chi connectivity index (χ1) is 5.29. The van der Waals surface area contributed by atoms with Crippen LogP contribution in [0.3, 0.4) is 0 Å². The maximum absolute atomic E-state index is 9.52. The van der Waals surface area contributed by atoms with Gasteiger partial charge in [-0.1, -0.05) is 13.2 Å². The van der Waals surface area contributed by atoms with Crippen LogP contribution in [0.1, 0.15) is 0 Å². The monoisotopic (exact) mass is 208 g/mol. The van der Waals surface area contributed by atoms with Gasteiger partial charge in [0.15, 0.2) is 0 Å². The zero-order chi connectivity index (χ0) is 10.3. The number of carboxylic acids is 2. The van der Waals surface area contributed by atoms with Gasteiger partial charge in [-0.15, -0.1) is 25.3 Å². The molecule has 0 rings (SSSR count). The number of hydrogen-bond donors (Lipinski definition) is 4. The predicted octanol–water partition coefficient (Wildman–Crippen LogP) is 1.03. The molecule has 0 radical (unpaired) electrons. The minimum absolute atomic E-state index is 0.130. The van der Waals surface area contributed by atoms with E-state index in [0.29, 0.717) is 0 Å². The SMILES string of the molecule is C=C(S)C(=O)O.C=C(S)C(=O)O. The van der Waals surface area contributed by atoms with Crippen molar-refractivity contribution in [1.29, 1.82) is 0 Å². The second kappa shape index (κ2) is 6.81. The first-order valence-corrected chi connectivity index (χ1v) is 3.40. The fourth-order valence-corrected chi connectivity index (χ4v) is 0. The zero-order valence-electron chi connectivity index (χ0n) is 6.02. The molecule has 0 bridgehead atoms. The lowest BCUT2D eigenvalue weighted by molar-refractivity contribution is -0.132. The molecule has 0 aliphatic rings. The third kappa shape index (κ3) is 11.9. The standard InChI is InChI=1S/2C3H4O2S/c2*1-2(6)3(4)5/h2*6H,1H2,(H,4,5). The number of hydrogen-bond acceptors (Lipinski definition) is 4. The average Bonchev–Trinajstić information content (AvgIpc) is 1.88. The zero-order valence-corrected chi connectivity index (χ0v) is 7.81. The third-order valence-corrected chi connectivity index (χ3v) is 0.876. The highest BCUT2D eigenvalue weighted by Crippen LogP contribution is 1.91. The maximum atomic E-state index is 9.52. The van der Waals surface area contributed by atoms with E-state index in [1.54, 1.807) is 0 Å². The summed E-state index contributed by atoms with van der Waals surface area (Å²) in [5, 5.41) is 15.6. The molecule has 0 saturated carbocycles. The van der Waals surface area contributed by atoms with Gasteiger partial charge in [0.25, 0.3) is 0 Å². The Morgan fingerprint density at radius 1 is 0.917 bits per heavy atom. The van der Waals surface area contributed by atoms with Gasteiger partial charge in [0.1, 0.15) is 0 Å². The Morgan fingerprint density at radius 3 is 1.00 bits per heavy atom. The summed E-state index contributed by atoms with van der Waals surface area (Å²) in [4.78, 5) is 18.8. The summed E-state index contributed by atoms with van der Waals surface area (Å²) < 4.78 is 0. The van der Waals surface area contributed by atoms with Gasteiger partial charge in [-0.2, -0.15) is 0 Å². The van der Waals surface area contributed by atoms with Crippen LogP contribution in [-0.4, -0.2) is 22.2 Å². The van der Waals surface area contributed by atoms with Gasteiger partial charge in [0.2, 0.25) is 0 Å². The second-order valence-corrected chi connectivity index (χ2v) is 2.58. The second-order valence-electron chi connectivity index (χ2n) is 1.50. The molecule has 0 heterocycles. The van der Waals surface area contributed by atoms with Crippen molar-refractivity contribution in [3.05, 3.63) is 23.0 Å². The fraction of sp³-hybridized carbons (Fsp3) is 0. The lowest BCUT2D eigenvalue weighted by atomic mass is 10.7. The van der Waals surface area contributed by atoms with Crippen molar-refractivity contribution in [2.75, 3.05) is 0 Å². The van der Waals surface area contributed by atoms with Crippen LogP contribution in [0.5, 0.6) is 0 Å². The smallest absolute Gasteiger partial charge is 0.341 e. The van der Waals surface area contributed by atoms with Crippen molar-refractivity contribution >= 4 is 37.2 Å². The predicted molar refractivity (Wildman–Crippen MR) is 51.5 cm³/mol. The summed E-state index contributed by atoms with van der Waals surface area (Å²) in [6, 6.07) is 0. The number of rotatable bonds is 2. The minimum Gasteiger partial charge on any atom is -0.477 e. The average molecular weight is 208 g/mol. The molecule has 0 atom stereocenters. The molecule has 0 unspecified atom stereocenters. The highest BCUT2D eigenvalue weighted by molar-refractivity contribution is 7.85. The van der Waals surface area contributed by atoms with E-state index in [4.69, 9.17) is 10.2 Å². The van der Waals surface area contributed by atoms with Crippen LogP contribution in [0, 0.1) is 0 Å². The molecule has 68 valence electrons. The van der Waals surface area contributed by atoms with Gasteiger partial charge in [-0.05, 0) is 0 Å². The van der Waals surface area contributed by atoms with Crippen LogP contribution in [-0.2, 0) is 9.59 Å². The van der Waals surface area contributed by atoms with Crippen molar-refractivity contribution in [3.8, 4) is 0 Å². The van der Waals surface area contributed by atoms with E-state index in [2.05, 4.69) is 38.4 Å². The highest BCUT2D eigenvalue weighted by atomic mass is 32.1.